The predicted molar refractivity (Wildman–Crippen MR) is 96.2 cm³/mol. The summed E-state index contributed by atoms with van der Waals surface area (Å²) < 4.78 is 16.8. The molecule has 6 nitrogen and oxygen atoms in total. The second-order valence-corrected chi connectivity index (χ2v) is 6.53. The lowest BCUT2D eigenvalue weighted by Crippen LogP contribution is -2.13. The number of benzene rings is 2. The first-order chi connectivity index (χ1) is 12.5. The Labute approximate surface area is 152 Å². The average Bonchev–Trinajstić information content (AvgIpc) is 2.99. The number of hydrogen-bond acceptors (Lipinski definition) is 6. The Morgan fingerprint density at radius 3 is 2.46 bits per heavy atom. The van der Waals surface area contributed by atoms with Crippen LogP contribution in [0.2, 0.25) is 0 Å². The molecule has 1 heterocycles. The summed E-state index contributed by atoms with van der Waals surface area (Å²) in [5, 5.41) is 29.5. The Morgan fingerprint density at radius 1 is 1.12 bits per heavy atom. The summed E-state index contributed by atoms with van der Waals surface area (Å²) in [6.45, 7) is 1.62. The van der Waals surface area contributed by atoms with Gasteiger partial charge in [0.15, 0.2) is 23.0 Å². The molecular formula is C20H24O6. The SMILES string of the molecule is COc1cc([C@@H]2Oc3c(OC)cc(CC(C)O)cc3[C@H]2CO)ccc1O. The molecule has 3 rings (SSSR count). The molecule has 0 aromatic heterocycles. The highest BCUT2D eigenvalue weighted by molar-refractivity contribution is 5.56. The number of phenols is 1. The minimum atomic E-state index is -0.482. The van der Waals surface area contributed by atoms with E-state index in [0.717, 1.165) is 16.7 Å². The van der Waals surface area contributed by atoms with Gasteiger partial charge in [-0.05, 0) is 42.7 Å². The Morgan fingerprint density at radius 2 is 1.85 bits per heavy atom. The van der Waals surface area contributed by atoms with Gasteiger partial charge in [-0.25, -0.2) is 0 Å². The zero-order valence-electron chi connectivity index (χ0n) is 15.1. The fourth-order valence-electron chi connectivity index (χ4n) is 3.43. The first-order valence-corrected chi connectivity index (χ1v) is 8.51. The van der Waals surface area contributed by atoms with Crippen molar-refractivity contribution in [2.45, 2.75) is 31.5 Å². The van der Waals surface area contributed by atoms with Gasteiger partial charge < -0.3 is 29.5 Å². The topological polar surface area (TPSA) is 88.4 Å². The molecule has 3 atom stereocenters. The van der Waals surface area contributed by atoms with Crippen LogP contribution in [0.1, 0.15) is 35.6 Å². The van der Waals surface area contributed by atoms with Crippen molar-refractivity contribution in [2.24, 2.45) is 0 Å². The Balaban J connectivity index is 2.03. The molecule has 0 aliphatic carbocycles. The number of rotatable bonds is 6. The van der Waals surface area contributed by atoms with Gasteiger partial charge in [-0.1, -0.05) is 12.1 Å². The molecule has 0 spiro atoms. The lowest BCUT2D eigenvalue weighted by atomic mass is 9.90. The van der Waals surface area contributed by atoms with Crippen LogP contribution >= 0.6 is 0 Å². The van der Waals surface area contributed by atoms with E-state index in [4.69, 9.17) is 14.2 Å². The highest BCUT2D eigenvalue weighted by atomic mass is 16.5. The quantitative estimate of drug-likeness (QED) is 0.734. The average molecular weight is 360 g/mol. The number of fused-ring (bicyclic) bond motifs is 1. The molecule has 0 fully saturated rings. The molecule has 1 unspecified atom stereocenters. The fraction of sp³-hybridized carbons (Fsp3) is 0.400. The van der Waals surface area contributed by atoms with Gasteiger partial charge in [0.25, 0.3) is 0 Å². The number of ether oxygens (including phenoxy) is 3. The van der Waals surface area contributed by atoms with Gasteiger partial charge in [0.05, 0.1) is 32.8 Å². The summed E-state index contributed by atoms with van der Waals surface area (Å²) >= 11 is 0. The monoisotopic (exact) mass is 360 g/mol. The van der Waals surface area contributed by atoms with Gasteiger partial charge in [0, 0.05) is 5.56 Å². The van der Waals surface area contributed by atoms with Crippen LogP contribution in [0.25, 0.3) is 0 Å². The standard InChI is InChI=1S/C20H24O6/c1-11(22)6-12-7-14-15(10-21)19(26-20(14)18(8-12)25-3)13-4-5-16(23)17(9-13)24-2/h4-5,7-9,11,15,19,21-23H,6,10H2,1-3H3/t11?,15-,19+/m1/s1. The molecule has 0 amide bonds. The number of aliphatic hydroxyl groups excluding tert-OH is 2. The number of phenolic OH excluding ortho intramolecular Hbond substituents is 1. The largest absolute Gasteiger partial charge is 0.504 e. The van der Waals surface area contributed by atoms with Crippen LogP contribution in [0, 0.1) is 0 Å². The van der Waals surface area contributed by atoms with E-state index < -0.39 is 12.2 Å². The molecule has 2 aromatic carbocycles. The third-order valence-electron chi connectivity index (χ3n) is 4.63. The third kappa shape index (κ3) is 3.30. The van der Waals surface area contributed by atoms with Crippen molar-refractivity contribution < 1.29 is 29.5 Å². The van der Waals surface area contributed by atoms with E-state index in [9.17, 15) is 15.3 Å². The maximum atomic E-state index is 10.0. The van der Waals surface area contributed by atoms with Crippen molar-refractivity contribution in [1.82, 2.24) is 0 Å². The summed E-state index contributed by atoms with van der Waals surface area (Å²) in [5.41, 5.74) is 2.55. The molecule has 1 aliphatic rings. The van der Waals surface area contributed by atoms with E-state index in [0.29, 0.717) is 23.7 Å². The van der Waals surface area contributed by atoms with Crippen LogP contribution in [0.5, 0.6) is 23.0 Å². The number of aliphatic hydroxyl groups is 2. The summed E-state index contributed by atoms with van der Waals surface area (Å²) in [6, 6.07) is 8.80. The first-order valence-electron chi connectivity index (χ1n) is 8.51. The van der Waals surface area contributed by atoms with Crippen molar-refractivity contribution in [1.29, 1.82) is 0 Å². The third-order valence-corrected chi connectivity index (χ3v) is 4.63. The molecule has 140 valence electrons. The summed E-state index contributed by atoms with van der Waals surface area (Å²) in [4.78, 5) is 0. The molecule has 6 heteroatoms. The first kappa shape index (κ1) is 18.4. The summed E-state index contributed by atoms with van der Waals surface area (Å²) in [5.74, 6) is 1.27. The maximum Gasteiger partial charge on any atom is 0.165 e. The molecule has 2 aromatic rings. The normalized spacial score (nSPS) is 19.6. The molecule has 0 saturated carbocycles. The lowest BCUT2D eigenvalue weighted by molar-refractivity contribution is 0.157. The lowest BCUT2D eigenvalue weighted by Gasteiger charge is -2.18. The molecule has 26 heavy (non-hydrogen) atoms. The van der Waals surface area contributed by atoms with Crippen LogP contribution in [-0.2, 0) is 6.42 Å². The maximum absolute atomic E-state index is 10.0. The Bertz CT molecular complexity index is 786. The zero-order chi connectivity index (χ0) is 18.8. The van der Waals surface area contributed by atoms with Gasteiger partial charge in [0.1, 0.15) is 6.10 Å². The fourth-order valence-corrected chi connectivity index (χ4v) is 3.43. The zero-order valence-corrected chi connectivity index (χ0v) is 15.1. The number of hydrogen-bond donors (Lipinski definition) is 3. The van der Waals surface area contributed by atoms with Crippen LogP contribution in [0.4, 0.5) is 0 Å². The van der Waals surface area contributed by atoms with Crippen molar-refractivity contribution in [3.63, 3.8) is 0 Å². The molecule has 0 saturated heterocycles. The molecule has 0 radical (unpaired) electrons. The van der Waals surface area contributed by atoms with E-state index in [-0.39, 0.29) is 18.3 Å². The highest BCUT2D eigenvalue weighted by Gasteiger charge is 2.38. The highest BCUT2D eigenvalue weighted by Crippen LogP contribution is 2.51. The second kappa shape index (κ2) is 7.43. The van der Waals surface area contributed by atoms with E-state index in [1.54, 1.807) is 32.2 Å². The van der Waals surface area contributed by atoms with Crippen LogP contribution < -0.4 is 14.2 Å². The van der Waals surface area contributed by atoms with Gasteiger partial charge >= 0.3 is 0 Å². The van der Waals surface area contributed by atoms with Crippen LogP contribution in [0.15, 0.2) is 30.3 Å². The molecule has 0 bridgehead atoms. The van der Waals surface area contributed by atoms with E-state index in [1.165, 1.54) is 7.11 Å². The van der Waals surface area contributed by atoms with Crippen molar-refractivity contribution in [3.05, 3.63) is 47.0 Å². The van der Waals surface area contributed by atoms with Crippen LogP contribution in [-0.4, -0.2) is 42.3 Å². The minimum Gasteiger partial charge on any atom is -0.504 e. The van der Waals surface area contributed by atoms with Gasteiger partial charge in [-0.2, -0.15) is 0 Å². The number of methoxy groups -OCH3 is 2. The summed E-state index contributed by atoms with van der Waals surface area (Å²) in [7, 11) is 3.05. The van der Waals surface area contributed by atoms with E-state index >= 15 is 0 Å². The predicted octanol–water partition coefficient (Wildman–Crippen LogP) is 2.54. The molecule has 3 N–H and O–H groups in total. The van der Waals surface area contributed by atoms with Crippen molar-refractivity contribution in [3.8, 4) is 23.0 Å². The minimum absolute atomic E-state index is 0.0455. The van der Waals surface area contributed by atoms with Crippen molar-refractivity contribution >= 4 is 0 Å². The van der Waals surface area contributed by atoms with E-state index in [2.05, 4.69) is 0 Å². The Kier molecular flexibility index (Phi) is 5.25. The van der Waals surface area contributed by atoms with Crippen molar-refractivity contribution in [2.75, 3.05) is 20.8 Å². The Hall–Kier alpha value is -2.44. The molecule has 1 aliphatic heterocycles. The summed E-state index contributed by atoms with van der Waals surface area (Å²) in [6.07, 6.45) is -0.426. The number of aromatic hydroxyl groups is 1. The smallest absolute Gasteiger partial charge is 0.165 e. The van der Waals surface area contributed by atoms with Gasteiger partial charge in [0.2, 0.25) is 0 Å². The van der Waals surface area contributed by atoms with Gasteiger partial charge in [-0.15, -0.1) is 0 Å². The molecular weight excluding hydrogens is 336 g/mol. The van der Waals surface area contributed by atoms with Crippen LogP contribution in [0.3, 0.4) is 0 Å². The second-order valence-electron chi connectivity index (χ2n) is 6.53. The van der Waals surface area contributed by atoms with E-state index in [1.807, 2.05) is 12.1 Å². The van der Waals surface area contributed by atoms with Gasteiger partial charge in [-0.3, -0.25) is 0 Å².